The van der Waals surface area contributed by atoms with Crippen molar-refractivity contribution in [3.8, 4) is 6.07 Å². The molecule has 0 aliphatic heterocycles. The summed E-state index contributed by atoms with van der Waals surface area (Å²) in [5.41, 5.74) is 5.16. The number of pyridine rings is 1. The van der Waals surface area contributed by atoms with Gasteiger partial charge >= 0.3 is 5.82 Å². The lowest BCUT2D eigenvalue weighted by molar-refractivity contribution is -0.388. The average molecular weight is 359 g/mol. The van der Waals surface area contributed by atoms with E-state index < -0.39 is 4.92 Å². The summed E-state index contributed by atoms with van der Waals surface area (Å²) in [5.74, 6) is -0.273. The van der Waals surface area contributed by atoms with Crippen LogP contribution in [0.3, 0.4) is 0 Å². The number of rotatable bonds is 5. The van der Waals surface area contributed by atoms with E-state index in [9.17, 15) is 10.1 Å². The first-order valence-electron chi connectivity index (χ1n) is 8.22. The fourth-order valence-corrected chi connectivity index (χ4v) is 2.66. The number of nitrogens with one attached hydrogen (secondary N) is 2. The molecule has 0 saturated carbocycles. The Balaban J connectivity index is 1.92. The van der Waals surface area contributed by atoms with Crippen molar-refractivity contribution in [3.63, 3.8) is 0 Å². The Morgan fingerprint density at radius 1 is 1.00 bits per heavy atom. The molecule has 0 atom stereocenters. The van der Waals surface area contributed by atoms with Crippen molar-refractivity contribution >= 4 is 28.6 Å². The topological polar surface area (TPSA) is 104 Å². The number of anilines is 4. The van der Waals surface area contributed by atoms with E-state index in [0.29, 0.717) is 16.9 Å². The van der Waals surface area contributed by atoms with Crippen LogP contribution >= 0.6 is 0 Å². The Morgan fingerprint density at radius 2 is 1.70 bits per heavy atom. The first-order chi connectivity index (χ1) is 13.0. The lowest BCUT2D eigenvalue weighted by atomic mass is 10.1. The molecule has 2 aromatic carbocycles. The van der Waals surface area contributed by atoms with E-state index in [1.807, 2.05) is 32.0 Å². The number of aromatic nitrogens is 1. The highest BCUT2D eigenvalue weighted by atomic mass is 16.6. The van der Waals surface area contributed by atoms with Gasteiger partial charge in [-0.25, -0.2) is 0 Å². The number of nitro groups is 1. The molecule has 0 unspecified atom stereocenters. The van der Waals surface area contributed by atoms with Crippen LogP contribution in [0.15, 0.2) is 54.7 Å². The van der Waals surface area contributed by atoms with Crippen LogP contribution in [-0.2, 0) is 0 Å². The van der Waals surface area contributed by atoms with Gasteiger partial charge in [0, 0.05) is 11.4 Å². The number of nitriles is 1. The Labute approximate surface area is 156 Å². The Morgan fingerprint density at radius 3 is 2.33 bits per heavy atom. The highest BCUT2D eigenvalue weighted by molar-refractivity contribution is 5.74. The molecule has 0 fully saturated rings. The zero-order chi connectivity index (χ0) is 19.4. The predicted octanol–water partition coefficient (Wildman–Crippen LogP) is 4.97. The molecule has 0 radical (unpaired) electrons. The second kappa shape index (κ2) is 7.54. The van der Waals surface area contributed by atoms with Gasteiger partial charge in [-0.2, -0.15) is 5.26 Å². The molecule has 3 rings (SSSR count). The number of aryl methyl sites for hydroxylation is 2. The number of hydrogen-bond acceptors (Lipinski definition) is 6. The monoisotopic (exact) mass is 359 g/mol. The van der Waals surface area contributed by atoms with E-state index in [1.54, 1.807) is 30.3 Å². The second-order valence-corrected chi connectivity index (χ2v) is 6.11. The summed E-state index contributed by atoms with van der Waals surface area (Å²) in [6, 6.07) is 16.3. The molecule has 1 heterocycles. The van der Waals surface area contributed by atoms with Gasteiger partial charge in [-0.1, -0.05) is 17.7 Å². The molecule has 3 aromatic rings. The van der Waals surface area contributed by atoms with Gasteiger partial charge in [-0.05, 0) is 65.7 Å². The molecule has 0 saturated heterocycles. The summed E-state index contributed by atoms with van der Waals surface area (Å²) in [4.78, 5) is 14.8. The van der Waals surface area contributed by atoms with Crippen molar-refractivity contribution in [3.05, 3.63) is 81.5 Å². The van der Waals surface area contributed by atoms with Gasteiger partial charge in [0.25, 0.3) is 0 Å². The van der Waals surface area contributed by atoms with Crippen LogP contribution in [0.4, 0.5) is 28.6 Å². The van der Waals surface area contributed by atoms with Gasteiger partial charge in [-0.3, -0.25) is 0 Å². The fraction of sp³-hybridized carbons (Fsp3) is 0.100. The second-order valence-electron chi connectivity index (χ2n) is 6.11. The zero-order valence-electron chi connectivity index (χ0n) is 14.9. The predicted molar refractivity (Wildman–Crippen MR) is 105 cm³/mol. The van der Waals surface area contributed by atoms with Crippen LogP contribution in [0.2, 0.25) is 0 Å². The van der Waals surface area contributed by atoms with Gasteiger partial charge in [0.05, 0.1) is 17.3 Å². The molecular weight excluding hydrogens is 342 g/mol. The minimum Gasteiger partial charge on any atom is -0.358 e. The number of hydrogen-bond donors (Lipinski definition) is 2. The summed E-state index contributed by atoms with van der Waals surface area (Å²) < 4.78 is 0. The maximum Gasteiger partial charge on any atom is 0.387 e. The molecular formula is C20H17N5O2. The van der Waals surface area contributed by atoms with Crippen molar-refractivity contribution in [1.82, 2.24) is 4.98 Å². The number of benzene rings is 2. The van der Waals surface area contributed by atoms with E-state index in [4.69, 9.17) is 5.26 Å². The lowest BCUT2D eigenvalue weighted by Crippen LogP contribution is -2.02. The highest BCUT2D eigenvalue weighted by Crippen LogP contribution is 2.30. The maximum absolute atomic E-state index is 11.3. The summed E-state index contributed by atoms with van der Waals surface area (Å²) >= 11 is 0. The van der Waals surface area contributed by atoms with Gasteiger partial charge < -0.3 is 20.7 Å². The Bertz CT molecular complexity index is 1040. The minimum atomic E-state index is -0.535. The van der Waals surface area contributed by atoms with Gasteiger partial charge in [0.2, 0.25) is 0 Å². The standard InChI is InChI=1S/C20H17N5O2/c1-13-3-8-18(14(2)9-13)24-17-10-19(20(22-12-17)25(26)27)23-16-6-4-15(11-21)5-7-16/h3-10,12,23-24H,1-2H3. The van der Waals surface area contributed by atoms with Gasteiger partial charge in [-0.15, -0.1) is 0 Å². The van der Waals surface area contributed by atoms with Crippen LogP contribution in [-0.4, -0.2) is 9.91 Å². The summed E-state index contributed by atoms with van der Waals surface area (Å²) in [5, 5.41) is 26.4. The fourth-order valence-electron chi connectivity index (χ4n) is 2.66. The van der Waals surface area contributed by atoms with Crippen molar-refractivity contribution in [2.45, 2.75) is 13.8 Å². The molecule has 0 spiro atoms. The molecule has 27 heavy (non-hydrogen) atoms. The SMILES string of the molecule is Cc1ccc(Nc2cnc([N+](=O)[O-])c(Nc3ccc(C#N)cc3)c2)c(C)c1. The van der Waals surface area contributed by atoms with Crippen molar-refractivity contribution < 1.29 is 4.92 Å². The first kappa shape index (κ1) is 17.9. The molecule has 2 N–H and O–H groups in total. The third kappa shape index (κ3) is 4.19. The number of nitrogens with zero attached hydrogens (tertiary/aromatic N) is 3. The van der Waals surface area contributed by atoms with Crippen LogP contribution in [0, 0.1) is 35.3 Å². The quantitative estimate of drug-likeness (QED) is 0.492. The first-order valence-corrected chi connectivity index (χ1v) is 8.22. The molecule has 0 bridgehead atoms. The maximum atomic E-state index is 11.3. The van der Waals surface area contributed by atoms with Crippen molar-refractivity contribution in [1.29, 1.82) is 5.26 Å². The van der Waals surface area contributed by atoms with E-state index in [0.717, 1.165) is 16.8 Å². The smallest absolute Gasteiger partial charge is 0.358 e. The van der Waals surface area contributed by atoms with Crippen LogP contribution in [0.1, 0.15) is 16.7 Å². The molecule has 0 aliphatic rings. The lowest BCUT2D eigenvalue weighted by Gasteiger charge is -2.12. The molecule has 1 aromatic heterocycles. The van der Waals surface area contributed by atoms with Crippen molar-refractivity contribution in [2.75, 3.05) is 10.6 Å². The van der Waals surface area contributed by atoms with Gasteiger partial charge in [0.15, 0.2) is 6.20 Å². The average Bonchev–Trinajstić information content (AvgIpc) is 2.64. The van der Waals surface area contributed by atoms with E-state index in [-0.39, 0.29) is 11.5 Å². The Hall–Kier alpha value is -3.92. The zero-order valence-corrected chi connectivity index (χ0v) is 14.9. The minimum absolute atomic E-state index is 0.263. The molecule has 0 amide bonds. The Kier molecular flexibility index (Phi) is 4.99. The van der Waals surface area contributed by atoms with Crippen LogP contribution < -0.4 is 10.6 Å². The highest BCUT2D eigenvalue weighted by Gasteiger charge is 2.17. The largest absolute Gasteiger partial charge is 0.387 e. The third-order valence-corrected chi connectivity index (χ3v) is 3.99. The molecule has 7 nitrogen and oxygen atoms in total. The van der Waals surface area contributed by atoms with Crippen LogP contribution in [0.25, 0.3) is 0 Å². The van der Waals surface area contributed by atoms with Gasteiger partial charge in [0.1, 0.15) is 5.69 Å². The summed E-state index contributed by atoms with van der Waals surface area (Å²) in [7, 11) is 0. The molecule has 134 valence electrons. The van der Waals surface area contributed by atoms with Crippen LogP contribution in [0.5, 0.6) is 0 Å². The molecule has 7 heteroatoms. The normalized spacial score (nSPS) is 10.1. The van der Waals surface area contributed by atoms with E-state index in [2.05, 4.69) is 21.7 Å². The summed E-state index contributed by atoms with van der Waals surface area (Å²) in [6.07, 6.45) is 1.43. The van der Waals surface area contributed by atoms with E-state index >= 15 is 0 Å². The third-order valence-electron chi connectivity index (χ3n) is 3.99. The summed E-state index contributed by atoms with van der Waals surface area (Å²) in [6.45, 7) is 4.01. The van der Waals surface area contributed by atoms with E-state index in [1.165, 1.54) is 6.20 Å². The molecule has 0 aliphatic carbocycles. The van der Waals surface area contributed by atoms with Crippen molar-refractivity contribution in [2.24, 2.45) is 0 Å².